The van der Waals surface area contributed by atoms with E-state index in [4.69, 9.17) is 0 Å². The van der Waals surface area contributed by atoms with Gasteiger partial charge in [-0.3, -0.25) is 4.79 Å². The molecule has 1 aromatic heterocycles. The molecule has 0 aliphatic rings. The summed E-state index contributed by atoms with van der Waals surface area (Å²) in [5.74, 6) is 0.398. The van der Waals surface area contributed by atoms with Gasteiger partial charge < -0.3 is 9.80 Å². The van der Waals surface area contributed by atoms with Crippen LogP contribution in [0.25, 0.3) is 0 Å². The van der Waals surface area contributed by atoms with Crippen LogP contribution in [0.5, 0.6) is 0 Å². The van der Waals surface area contributed by atoms with Crippen LogP contribution in [0.3, 0.4) is 0 Å². The maximum absolute atomic E-state index is 12.5. The van der Waals surface area contributed by atoms with Gasteiger partial charge in [0.05, 0.1) is 5.56 Å². The van der Waals surface area contributed by atoms with Crippen molar-refractivity contribution in [2.75, 3.05) is 23.9 Å². The van der Waals surface area contributed by atoms with E-state index in [2.05, 4.69) is 9.97 Å². The third-order valence-electron chi connectivity index (χ3n) is 3.78. The molecule has 0 saturated carbocycles. The van der Waals surface area contributed by atoms with Gasteiger partial charge in [0.15, 0.2) is 0 Å². The minimum Gasteiger partial charge on any atom is -0.314 e. The molecule has 5 heteroatoms. The topological polar surface area (TPSA) is 49.3 Å². The zero-order valence-corrected chi connectivity index (χ0v) is 13.6. The van der Waals surface area contributed by atoms with Crippen LogP contribution in [0.1, 0.15) is 10.4 Å². The Morgan fingerprint density at radius 3 is 1.83 bits per heavy atom. The molecule has 5 nitrogen and oxygen atoms in total. The summed E-state index contributed by atoms with van der Waals surface area (Å²) in [5, 5.41) is 0. The number of anilines is 3. The SMILES string of the molecule is CN(C(=O)c1cnc(N(C)c2ccccc2)nc1)c1ccccc1. The molecule has 3 aromatic rings. The second-order valence-electron chi connectivity index (χ2n) is 5.37. The second kappa shape index (κ2) is 6.91. The minimum absolute atomic E-state index is 0.143. The standard InChI is InChI=1S/C19H18N4O/c1-22(16-9-5-3-6-10-16)18(24)15-13-20-19(21-14-15)23(2)17-11-7-4-8-12-17/h3-14H,1-2H3. The average Bonchev–Trinajstić information content (AvgIpc) is 2.68. The lowest BCUT2D eigenvalue weighted by atomic mass is 10.2. The first kappa shape index (κ1) is 15.7. The Labute approximate surface area is 141 Å². The van der Waals surface area contributed by atoms with E-state index in [0.29, 0.717) is 11.5 Å². The fourth-order valence-electron chi connectivity index (χ4n) is 2.33. The quantitative estimate of drug-likeness (QED) is 0.738. The molecule has 0 fully saturated rings. The van der Waals surface area contributed by atoms with E-state index in [9.17, 15) is 4.79 Å². The molecule has 2 aromatic carbocycles. The zero-order valence-electron chi connectivity index (χ0n) is 13.6. The fourth-order valence-corrected chi connectivity index (χ4v) is 2.33. The molecule has 0 unspecified atom stereocenters. The number of nitrogens with zero attached hydrogens (tertiary/aromatic N) is 4. The van der Waals surface area contributed by atoms with Crippen molar-refractivity contribution in [2.45, 2.75) is 0 Å². The Morgan fingerprint density at radius 1 is 0.792 bits per heavy atom. The fraction of sp³-hybridized carbons (Fsp3) is 0.105. The van der Waals surface area contributed by atoms with Crippen LogP contribution in [0.2, 0.25) is 0 Å². The highest BCUT2D eigenvalue weighted by Gasteiger charge is 2.15. The summed E-state index contributed by atoms with van der Waals surface area (Å²) >= 11 is 0. The molecule has 0 atom stereocenters. The maximum Gasteiger partial charge on any atom is 0.261 e. The number of amides is 1. The van der Waals surface area contributed by atoms with Gasteiger partial charge in [-0.2, -0.15) is 0 Å². The normalized spacial score (nSPS) is 10.2. The summed E-state index contributed by atoms with van der Waals surface area (Å²) in [6.07, 6.45) is 3.12. The van der Waals surface area contributed by atoms with E-state index in [0.717, 1.165) is 11.4 Å². The average molecular weight is 318 g/mol. The Morgan fingerprint density at radius 2 is 1.29 bits per heavy atom. The van der Waals surface area contributed by atoms with Crippen molar-refractivity contribution >= 4 is 23.2 Å². The van der Waals surface area contributed by atoms with Gasteiger partial charge in [-0.25, -0.2) is 9.97 Å². The second-order valence-corrected chi connectivity index (χ2v) is 5.37. The van der Waals surface area contributed by atoms with Gasteiger partial charge in [0.1, 0.15) is 0 Å². The summed E-state index contributed by atoms with van der Waals surface area (Å²) in [7, 11) is 3.63. The first-order chi connectivity index (χ1) is 11.7. The van der Waals surface area contributed by atoms with E-state index in [1.807, 2.05) is 72.6 Å². The van der Waals surface area contributed by atoms with Crippen molar-refractivity contribution in [3.8, 4) is 0 Å². The van der Waals surface area contributed by atoms with E-state index in [1.165, 1.54) is 0 Å². The van der Waals surface area contributed by atoms with Crippen LogP contribution in [0.4, 0.5) is 17.3 Å². The van der Waals surface area contributed by atoms with Gasteiger partial charge in [0.2, 0.25) is 5.95 Å². The smallest absolute Gasteiger partial charge is 0.261 e. The molecule has 0 N–H and O–H groups in total. The first-order valence-electron chi connectivity index (χ1n) is 7.61. The van der Waals surface area contributed by atoms with E-state index >= 15 is 0 Å². The highest BCUT2D eigenvalue weighted by Crippen LogP contribution is 2.19. The largest absolute Gasteiger partial charge is 0.314 e. The third kappa shape index (κ3) is 3.25. The van der Waals surface area contributed by atoms with Crippen LogP contribution in [-0.4, -0.2) is 30.0 Å². The first-order valence-corrected chi connectivity index (χ1v) is 7.61. The number of carbonyl (C=O) groups excluding carboxylic acids is 1. The van der Waals surface area contributed by atoms with Crippen molar-refractivity contribution < 1.29 is 4.79 Å². The predicted octanol–water partition coefficient (Wildman–Crippen LogP) is 3.52. The minimum atomic E-state index is -0.143. The van der Waals surface area contributed by atoms with Crippen molar-refractivity contribution in [3.63, 3.8) is 0 Å². The number of aromatic nitrogens is 2. The zero-order chi connectivity index (χ0) is 16.9. The van der Waals surface area contributed by atoms with E-state index in [-0.39, 0.29) is 5.91 Å². The Balaban J connectivity index is 1.78. The Hall–Kier alpha value is -3.21. The molecule has 0 bridgehead atoms. The molecular formula is C19H18N4O. The number of rotatable bonds is 4. The van der Waals surface area contributed by atoms with Crippen LogP contribution in [0.15, 0.2) is 73.1 Å². The van der Waals surface area contributed by atoms with Crippen molar-refractivity contribution in [1.82, 2.24) is 9.97 Å². The molecule has 1 amide bonds. The molecule has 0 saturated heterocycles. The van der Waals surface area contributed by atoms with E-state index in [1.54, 1.807) is 24.3 Å². The molecule has 0 aliphatic carbocycles. The summed E-state index contributed by atoms with van der Waals surface area (Å²) < 4.78 is 0. The number of hydrogen-bond acceptors (Lipinski definition) is 4. The molecule has 0 spiro atoms. The predicted molar refractivity (Wildman–Crippen MR) is 95.7 cm³/mol. The van der Waals surface area contributed by atoms with Crippen LogP contribution in [-0.2, 0) is 0 Å². The Kier molecular flexibility index (Phi) is 4.52. The molecular weight excluding hydrogens is 300 g/mol. The van der Waals surface area contributed by atoms with Gasteiger partial charge in [0, 0.05) is 37.9 Å². The molecule has 0 aliphatic heterocycles. The van der Waals surface area contributed by atoms with Gasteiger partial charge in [-0.15, -0.1) is 0 Å². The summed E-state index contributed by atoms with van der Waals surface area (Å²) in [4.78, 5) is 24.6. The summed E-state index contributed by atoms with van der Waals surface area (Å²) in [5.41, 5.74) is 2.26. The lowest BCUT2D eigenvalue weighted by Crippen LogP contribution is -2.26. The Bertz CT molecular complexity index is 804. The highest BCUT2D eigenvalue weighted by atomic mass is 16.2. The molecule has 0 radical (unpaired) electrons. The van der Waals surface area contributed by atoms with Crippen LogP contribution >= 0.6 is 0 Å². The third-order valence-corrected chi connectivity index (χ3v) is 3.78. The summed E-state index contributed by atoms with van der Waals surface area (Å²) in [6.45, 7) is 0. The van der Waals surface area contributed by atoms with E-state index < -0.39 is 0 Å². The molecule has 3 rings (SSSR count). The van der Waals surface area contributed by atoms with Gasteiger partial charge in [-0.05, 0) is 24.3 Å². The molecule has 24 heavy (non-hydrogen) atoms. The van der Waals surface area contributed by atoms with Gasteiger partial charge in [0.25, 0.3) is 5.91 Å². The summed E-state index contributed by atoms with van der Waals surface area (Å²) in [6, 6.07) is 19.3. The van der Waals surface area contributed by atoms with Crippen molar-refractivity contribution in [3.05, 3.63) is 78.6 Å². The molecule has 120 valence electrons. The van der Waals surface area contributed by atoms with Gasteiger partial charge in [-0.1, -0.05) is 36.4 Å². The number of benzene rings is 2. The molecule has 1 heterocycles. The van der Waals surface area contributed by atoms with Gasteiger partial charge >= 0.3 is 0 Å². The van der Waals surface area contributed by atoms with Crippen LogP contribution < -0.4 is 9.80 Å². The van der Waals surface area contributed by atoms with Crippen LogP contribution in [0, 0.1) is 0 Å². The number of carbonyl (C=O) groups is 1. The highest BCUT2D eigenvalue weighted by molar-refractivity contribution is 6.05. The number of hydrogen-bond donors (Lipinski definition) is 0. The number of para-hydroxylation sites is 2. The lowest BCUT2D eigenvalue weighted by Gasteiger charge is -2.19. The monoisotopic (exact) mass is 318 g/mol. The van der Waals surface area contributed by atoms with Crippen molar-refractivity contribution in [2.24, 2.45) is 0 Å². The van der Waals surface area contributed by atoms with Crippen molar-refractivity contribution in [1.29, 1.82) is 0 Å². The lowest BCUT2D eigenvalue weighted by molar-refractivity contribution is 0.0992. The maximum atomic E-state index is 12.5.